The molecule has 0 aliphatic carbocycles. The standard InChI is InChI=1S/C15H13F3N4O/c16-15(17,18)13-9-14(21-5-7-23-8-6-21)22(20-13)12-4-2-1-3-11(12)10-19/h1-4,9H,5-8H2. The molecule has 0 bridgehead atoms. The van der Waals surface area contributed by atoms with Crippen molar-refractivity contribution in [3.8, 4) is 11.8 Å². The van der Waals surface area contributed by atoms with Crippen molar-refractivity contribution in [3.63, 3.8) is 0 Å². The van der Waals surface area contributed by atoms with E-state index in [1.54, 1.807) is 29.2 Å². The number of ether oxygens (including phenoxy) is 1. The van der Waals surface area contributed by atoms with E-state index in [1.165, 1.54) is 4.68 Å². The third-order valence-corrected chi connectivity index (χ3v) is 3.57. The molecule has 1 aromatic carbocycles. The van der Waals surface area contributed by atoms with Crippen LogP contribution in [0.5, 0.6) is 0 Å². The first kappa shape index (κ1) is 15.4. The van der Waals surface area contributed by atoms with Crippen LogP contribution >= 0.6 is 0 Å². The fraction of sp³-hybridized carbons (Fsp3) is 0.333. The minimum Gasteiger partial charge on any atom is -0.378 e. The van der Waals surface area contributed by atoms with E-state index in [1.807, 2.05) is 6.07 Å². The predicted molar refractivity (Wildman–Crippen MR) is 76.3 cm³/mol. The number of nitriles is 1. The van der Waals surface area contributed by atoms with Crippen LogP contribution in [0.1, 0.15) is 11.3 Å². The zero-order valence-corrected chi connectivity index (χ0v) is 12.0. The van der Waals surface area contributed by atoms with Crippen molar-refractivity contribution in [2.75, 3.05) is 31.2 Å². The lowest BCUT2D eigenvalue weighted by atomic mass is 10.2. The van der Waals surface area contributed by atoms with Crippen LogP contribution in [-0.2, 0) is 10.9 Å². The van der Waals surface area contributed by atoms with Gasteiger partial charge in [-0.05, 0) is 12.1 Å². The Labute approximate surface area is 130 Å². The molecule has 0 unspecified atom stereocenters. The quantitative estimate of drug-likeness (QED) is 0.853. The van der Waals surface area contributed by atoms with Gasteiger partial charge in [0, 0.05) is 19.2 Å². The molecular formula is C15H13F3N4O. The van der Waals surface area contributed by atoms with Crippen LogP contribution in [0.2, 0.25) is 0 Å². The number of halogens is 3. The van der Waals surface area contributed by atoms with Crippen LogP contribution in [0.15, 0.2) is 30.3 Å². The third kappa shape index (κ3) is 3.00. The Hall–Kier alpha value is -2.53. The molecule has 2 aromatic rings. The largest absolute Gasteiger partial charge is 0.435 e. The maximum Gasteiger partial charge on any atom is 0.435 e. The molecule has 1 saturated heterocycles. The van der Waals surface area contributed by atoms with Crippen molar-refractivity contribution in [2.24, 2.45) is 0 Å². The van der Waals surface area contributed by atoms with Crippen LogP contribution < -0.4 is 4.90 Å². The van der Waals surface area contributed by atoms with Gasteiger partial charge in [0.05, 0.1) is 24.5 Å². The van der Waals surface area contributed by atoms with Gasteiger partial charge < -0.3 is 9.64 Å². The number of nitrogens with zero attached hydrogens (tertiary/aromatic N) is 4. The molecule has 0 radical (unpaired) electrons. The Morgan fingerprint density at radius 2 is 1.87 bits per heavy atom. The fourth-order valence-electron chi connectivity index (χ4n) is 2.46. The first-order valence-electron chi connectivity index (χ1n) is 7.00. The molecule has 0 saturated carbocycles. The van der Waals surface area contributed by atoms with Crippen LogP contribution in [0, 0.1) is 11.3 Å². The first-order valence-corrected chi connectivity index (χ1v) is 7.00. The van der Waals surface area contributed by atoms with Crippen molar-refractivity contribution in [3.05, 3.63) is 41.6 Å². The predicted octanol–water partition coefficient (Wildman–Crippen LogP) is 2.60. The van der Waals surface area contributed by atoms with Gasteiger partial charge in [-0.15, -0.1) is 0 Å². The molecule has 0 spiro atoms. The van der Waals surface area contributed by atoms with Crippen molar-refractivity contribution in [1.82, 2.24) is 9.78 Å². The van der Waals surface area contributed by atoms with Gasteiger partial charge in [-0.2, -0.15) is 23.5 Å². The van der Waals surface area contributed by atoms with E-state index < -0.39 is 11.9 Å². The van der Waals surface area contributed by atoms with Gasteiger partial charge >= 0.3 is 6.18 Å². The summed E-state index contributed by atoms with van der Waals surface area (Å²) in [5.41, 5.74) is -0.391. The summed E-state index contributed by atoms with van der Waals surface area (Å²) in [6.07, 6.45) is -4.55. The molecule has 0 atom stereocenters. The number of aromatic nitrogens is 2. The van der Waals surface area contributed by atoms with E-state index in [2.05, 4.69) is 5.10 Å². The Morgan fingerprint density at radius 1 is 1.17 bits per heavy atom. The number of hydrogen-bond donors (Lipinski definition) is 0. The van der Waals surface area contributed by atoms with Crippen molar-refractivity contribution in [2.45, 2.75) is 6.18 Å². The number of benzene rings is 1. The Balaban J connectivity index is 2.14. The second-order valence-electron chi connectivity index (χ2n) is 5.03. The van der Waals surface area contributed by atoms with Gasteiger partial charge in [0.25, 0.3) is 0 Å². The maximum absolute atomic E-state index is 13.1. The minimum absolute atomic E-state index is 0.263. The van der Waals surface area contributed by atoms with Crippen molar-refractivity contribution in [1.29, 1.82) is 5.26 Å². The average molecular weight is 322 g/mol. The summed E-state index contributed by atoms with van der Waals surface area (Å²) in [6.45, 7) is 1.81. The Morgan fingerprint density at radius 3 is 2.52 bits per heavy atom. The molecule has 3 rings (SSSR count). The van der Waals surface area contributed by atoms with Gasteiger partial charge in [0.2, 0.25) is 0 Å². The highest BCUT2D eigenvalue weighted by Gasteiger charge is 2.36. The van der Waals surface area contributed by atoms with E-state index in [0.29, 0.717) is 37.8 Å². The molecule has 0 amide bonds. The minimum atomic E-state index is -4.55. The number of para-hydroxylation sites is 1. The third-order valence-electron chi connectivity index (χ3n) is 3.57. The van der Waals surface area contributed by atoms with Crippen LogP contribution in [-0.4, -0.2) is 36.1 Å². The zero-order valence-electron chi connectivity index (χ0n) is 12.0. The van der Waals surface area contributed by atoms with E-state index in [4.69, 9.17) is 4.74 Å². The number of hydrogen-bond acceptors (Lipinski definition) is 4. The van der Waals surface area contributed by atoms with Crippen LogP contribution in [0.25, 0.3) is 5.69 Å². The van der Waals surface area contributed by atoms with Gasteiger partial charge in [-0.3, -0.25) is 0 Å². The maximum atomic E-state index is 13.1. The zero-order chi connectivity index (χ0) is 16.4. The van der Waals surface area contributed by atoms with Gasteiger partial charge in [0.15, 0.2) is 5.69 Å². The number of alkyl halides is 3. The van der Waals surface area contributed by atoms with Gasteiger partial charge in [-0.1, -0.05) is 12.1 Å². The molecule has 0 N–H and O–H groups in total. The summed E-state index contributed by atoms with van der Waals surface area (Å²) in [5, 5.41) is 12.9. The smallest absolute Gasteiger partial charge is 0.378 e. The number of rotatable bonds is 2. The molecule has 8 heteroatoms. The van der Waals surface area contributed by atoms with E-state index in [-0.39, 0.29) is 5.56 Å². The fourth-order valence-corrected chi connectivity index (χ4v) is 2.46. The van der Waals surface area contributed by atoms with Crippen molar-refractivity contribution >= 4 is 5.82 Å². The monoisotopic (exact) mass is 322 g/mol. The van der Waals surface area contributed by atoms with Crippen LogP contribution in [0.3, 0.4) is 0 Å². The molecule has 1 aliphatic heterocycles. The normalized spacial score (nSPS) is 15.5. The summed E-state index contributed by atoms with van der Waals surface area (Å²) >= 11 is 0. The summed E-state index contributed by atoms with van der Waals surface area (Å²) in [5.74, 6) is 0.309. The summed E-state index contributed by atoms with van der Waals surface area (Å²) in [4.78, 5) is 1.78. The lowest BCUT2D eigenvalue weighted by Crippen LogP contribution is -2.37. The molecule has 2 heterocycles. The Kier molecular flexibility index (Phi) is 3.96. The van der Waals surface area contributed by atoms with E-state index >= 15 is 0 Å². The SMILES string of the molecule is N#Cc1ccccc1-n1nc(C(F)(F)F)cc1N1CCOCC1. The molecule has 1 aliphatic rings. The first-order chi connectivity index (χ1) is 11.0. The second kappa shape index (κ2) is 5.93. The Bertz CT molecular complexity index is 742. The average Bonchev–Trinajstić information content (AvgIpc) is 3.01. The lowest BCUT2D eigenvalue weighted by molar-refractivity contribution is -0.141. The molecule has 120 valence electrons. The molecular weight excluding hydrogens is 309 g/mol. The number of morpholine rings is 1. The molecule has 5 nitrogen and oxygen atoms in total. The highest BCUT2D eigenvalue weighted by atomic mass is 19.4. The lowest BCUT2D eigenvalue weighted by Gasteiger charge is -2.29. The van der Waals surface area contributed by atoms with Gasteiger partial charge in [-0.25, -0.2) is 4.68 Å². The molecule has 1 fully saturated rings. The molecule has 1 aromatic heterocycles. The van der Waals surface area contributed by atoms with Gasteiger partial charge in [0.1, 0.15) is 11.9 Å². The second-order valence-corrected chi connectivity index (χ2v) is 5.03. The molecule has 23 heavy (non-hydrogen) atoms. The summed E-state index contributed by atoms with van der Waals surface area (Å²) in [7, 11) is 0. The highest BCUT2D eigenvalue weighted by molar-refractivity contribution is 5.55. The summed E-state index contributed by atoms with van der Waals surface area (Å²) in [6, 6.07) is 9.45. The van der Waals surface area contributed by atoms with E-state index in [0.717, 1.165) is 6.07 Å². The topological polar surface area (TPSA) is 54.1 Å². The van der Waals surface area contributed by atoms with Crippen molar-refractivity contribution < 1.29 is 17.9 Å². The highest BCUT2D eigenvalue weighted by Crippen LogP contribution is 2.33. The van der Waals surface area contributed by atoms with Crippen LogP contribution in [0.4, 0.5) is 19.0 Å². The summed E-state index contributed by atoms with van der Waals surface area (Å²) < 4.78 is 45.6. The number of anilines is 1. The van der Waals surface area contributed by atoms with E-state index in [9.17, 15) is 18.4 Å².